The maximum absolute atomic E-state index is 11.8. The first-order valence-corrected chi connectivity index (χ1v) is 6.19. The molecule has 4 atom stereocenters. The second-order valence-corrected chi connectivity index (χ2v) is 4.85. The first-order valence-electron chi connectivity index (χ1n) is 6.19. The number of nitrogens with one attached hydrogen (secondary N) is 2. The maximum atomic E-state index is 11.8. The summed E-state index contributed by atoms with van der Waals surface area (Å²) in [5, 5.41) is 19.8. The number of carbonyl (C=O) groups excluding carboxylic acids is 1. The van der Waals surface area contributed by atoms with E-state index in [0.29, 0.717) is 6.41 Å². The van der Waals surface area contributed by atoms with Crippen molar-refractivity contribution >= 4 is 12.2 Å². The molecule has 21 heavy (non-hydrogen) atoms. The van der Waals surface area contributed by atoms with Gasteiger partial charge in [-0.05, 0) is 13.0 Å². The van der Waals surface area contributed by atoms with E-state index in [4.69, 9.17) is 10.5 Å². The monoisotopic (exact) mass is 299 g/mol. The Morgan fingerprint density at radius 2 is 2.38 bits per heavy atom. The van der Waals surface area contributed by atoms with Gasteiger partial charge in [-0.15, -0.1) is 0 Å². The number of ether oxygens (including phenoxy) is 1. The van der Waals surface area contributed by atoms with E-state index in [-0.39, 0.29) is 5.82 Å². The van der Waals surface area contributed by atoms with Crippen LogP contribution in [-0.4, -0.2) is 50.5 Å². The Morgan fingerprint density at radius 1 is 1.67 bits per heavy atom. The van der Waals surface area contributed by atoms with Gasteiger partial charge in [0.1, 0.15) is 18.0 Å². The fourth-order valence-electron chi connectivity index (χ4n) is 2.28. The molecular weight excluding hydrogens is 282 g/mol. The molecule has 2 heterocycles. The third-order valence-corrected chi connectivity index (χ3v) is 3.55. The van der Waals surface area contributed by atoms with Gasteiger partial charge in [-0.25, -0.2) is 10.2 Å². The Kier molecular flexibility index (Phi) is 4.23. The fourth-order valence-corrected chi connectivity index (χ4v) is 2.28. The molecule has 1 aromatic heterocycles. The highest BCUT2D eigenvalue weighted by atomic mass is 16.5. The van der Waals surface area contributed by atoms with Crippen molar-refractivity contribution in [3.63, 3.8) is 0 Å². The molecule has 1 amide bonds. The van der Waals surface area contributed by atoms with E-state index in [1.54, 1.807) is 6.92 Å². The van der Waals surface area contributed by atoms with Crippen LogP contribution in [0, 0.1) is 0 Å². The number of anilines is 1. The van der Waals surface area contributed by atoms with Crippen LogP contribution in [0.4, 0.5) is 5.82 Å². The van der Waals surface area contributed by atoms with Crippen molar-refractivity contribution in [2.45, 2.75) is 30.9 Å². The van der Waals surface area contributed by atoms with Crippen LogP contribution < -0.4 is 22.3 Å². The number of hydrazine groups is 1. The van der Waals surface area contributed by atoms with Crippen LogP contribution in [-0.2, 0) is 9.53 Å². The average molecular weight is 299 g/mol. The molecular formula is C11H17N5O5. The van der Waals surface area contributed by atoms with Crippen molar-refractivity contribution in [1.82, 2.24) is 20.4 Å². The van der Waals surface area contributed by atoms with Crippen molar-refractivity contribution in [2.24, 2.45) is 0 Å². The first kappa shape index (κ1) is 15.4. The zero-order valence-corrected chi connectivity index (χ0v) is 11.3. The van der Waals surface area contributed by atoms with E-state index >= 15 is 0 Å². The molecule has 0 aliphatic carbocycles. The molecule has 0 radical (unpaired) electrons. The van der Waals surface area contributed by atoms with Gasteiger partial charge in [0.25, 0.3) is 0 Å². The number of nitrogens with two attached hydrogens (primary N) is 1. The van der Waals surface area contributed by atoms with Crippen LogP contribution in [0.3, 0.4) is 0 Å². The van der Waals surface area contributed by atoms with Crippen LogP contribution in [0.15, 0.2) is 17.1 Å². The summed E-state index contributed by atoms with van der Waals surface area (Å²) in [5.41, 5.74) is 8.31. The summed E-state index contributed by atoms with van der Waals surface area (Å²) in [5.74, 6) is 0.0472. The quantitative estimate of drug-likeness (QED) is 0.286. The second-order valence-electron chi connectivity index (χ2n) is 4.85. The van der Waals surface area contributed by atoms with E-state index in [0.717, 1.165) is 4.57 Å². The third-order valence-electron chi connectivity index (χ3n) is 3.55. The lowest BCUT2D eigenvalue weighted by Crippen LogP contribution is -2.61. The summed E-state index contributed by atoms with van der Waals surface area (Å²) in [6, 6.07) is 1.39. The molecule has 116 valence electrons. The number of hydrogen-bond acceptors (Lipinski definition) is 8. The Bertz CT molecular complexity index is 578. The van der Waals surface area contributed by atoms with Crippen LogP contribution in [0.5, 0.6) is 0 Å². The highest BCUT2D eigenvalue weighted by Crippen LogP contribution is 2.35. The Hall–Kier alpha value is -2.01. The summed E-state index contributed by atoms with van der Waals surface area (Å²) in [6.07, 6.45) is -1.43. The minimum Gasteiger partial charge on any atom is -0.394 e. The molecule has 1 aliphatic heterocycles. The molecule has 10 heteroatoms. The lowest BCUT2D eigenvalue weighted by Gasteiger charge is -2.32. The molecule has 1 saturated heterocycles. The highest BCUT2D eigenvalue weighted by Gasteiger charge is 2.54. The third kappa shape index (κ3) is 2.61. The number of carbonyl (C=O) groups is 1. The molecule has 0 saturated carbocycles. The largest absolute Gasteiger partial charge is 0.394 e. The molecule has 0 bridgehead atoms. The van der Waals surface area contributed by atoms with Gasteiger partial charge in [0.2, 0.25) is 6.41 Å². The van der Waals surface area contributed by atoms with Crippen molar-refractivity contribution in [1.29, 1.82) is 0 Å². The zero-order valence-electron chi connectivity index (χ0n) is 11.3. The molecule has 1 aliphatic rings. The minimum atomic E-state index is -1.23. The summed E-state index contributed by atoms with van der Waals surface area (Å²) in [4.78, 5) is 25.8. The van der Waals surface area contributed by atoms with Crippen LogP contribution in [0.1, 0.15) is 13.2 Å². The molecule has 2 unspecified atom stereocenters. The van der Waals surface area contributed by atoms with Gasteiger partial charge in [-0.3, -0.25) is 14.8 Å². The molecule has 1 aromatic rings. The SMILES string of the molecule is C[C@@]1(NNC=O)C(O)C(n2ccc(N)nc2=O)O[C@@H]1CO. The van der Waals surface area contributed by atoms with Gasteiger partial charge in [-0.1, -0.05) is 0 Å². The summed E-state index contributed by atoms with van der Waals surface area (Å²) in [7, 11) is 0. The Labute approximate surface area is 119 Å². The minimum absolute atomic E-state index is 0.0472. The van der Waals surface area contributed by atoms with Gasteiger partial charge in [0.05, 0.1) is 12.1 Å². The molecule has 10 nitrogen and oxygen atoms in total. The van der Waals surface area contributed by atoms with Gasteiger partial charge < -0.3 is 20.7 Å². The summed E-state index contributed by atoms with van der Waals surface area (Å²) in [6.45, 7) is 1.12. The predicted molar refractivity (Wildman–Crippen MR) is 70.7 cm³/mol. The van der Waals surface area contributed by atoms with Crippen LogP contribution in [0.25, 0.3) is 0 Å². The number of nitrogens with zero attached hydrogens (tertiary/aromatic N) is 2. The molecule has 2 rings (SSSR count). The van der Waals surface area contributed by atoms with E-state index in [1.807, 2.05) is 0 Å². The Morgan fingerprint density at radius 3 is 2.95 bits per heavy atom. The molecule has 1 fully saturated rings. The van der Waals surface area contributed by atoms with E-state index in [1.165, 1.54) is 12.3 Å². The van der Waals surface area contributed by atoms with Crippen molar-refractivity contribution in [2.75, 3.05) is 12.3 Å². The summed E-state index contributed by atoms with van der Waals surface area (Å²) >= 11 is 0. The standard InChI is InChI=1S/C11H17N5O5/c1-11(15-13-5-18)6(4-17)21-9(8(11)19)16-3-2-7(12)14-10(16)20/h2-3,5-6,8-9,15,17,19H,4H2,1H3,(H,13,18)(H2,12,14,20)/t6-,8?,9?,11+/m1/s1. The molecule has 0 spiro atoms. The number of hydrogen-bond donors (Lipinski definition) is 5. The zero-order chi connectivity index (χ0) is 15.6. The lowest BCUT2D eigenvalue weighted by atomic mass is 9.91. The van der Waals surface area contributed by atoms with Crippen molar-refractivity contribution < 1.29 is 19.7 Å². The van der Waals surface area contributed by atoms with Crippen LogP contribution >= 0.6 is 0 Å². The van der Waals surface area contributed by atoms with Crippen LogP contribution in [0.2, 0.25) is 0 Å². The molecule has 6 N–H and O–H groups in total. The number of aliphatic hydroxyl groups excluding tert-OH is 2. The topological polar surface area (TPSA) is 152 Å². The number of aliphatic hydroxyl groups is 2. The van der Waals surface area contributed by atoms with Crippen molar-refractivity contribution in [3.05, 3.63) is 22.7 Å². The van der Waals surface area contributed by atoms with Crippen molar-refractivity contribution in [3.8, 4) is 0 Å². The predicted octanol–water partition coefficient (Wildman–Crippen LogP) is -2.91. The molecule has 0 aromatic carbocycles. The average Bonchev–Trinajstić information content (AvgIpc) is 2.70. The number of amides is 1. The summed E-state index contributed by atoms with van der Waals surface area (Å²) < 4.78 is 6.57. The smallest absolute Gasteiger partial charge is 0.351 e. The fraction of sp³-hybridized carbons (Fsp3) is 0.545. The van der Waals surface area contributed by atoms with Gasteiger partial charge in [0, 0.05) is 6.20 Å². The van der Waals surface area contributed by atoms with Gasteiger partial charge >= 0.3 is 5.69 Å². The van der Waals surface area contributed by atoms with E-state index < -0.39 is 36.3 Å². The number of aromatic nitrogens is 2. The Balaban J connectivity index is 2.34. The normalized spacial score (nSPS) is 32.0. The number of rotatable bonds is 5. The highest BCUT2D eigenvalue weighted by molar-refractivity contribution is 5.45. The van der Waals surface area contributed by atoms with E-state index in [9.17, 15) is 19.8 Å². The lowest BCUT2D eigenvalue weighted by molar-refractivity contribution is -0.111. The second kappa shape index (κ2) is 5.77. The van der Waals surface area contributed by atoms with Gasteiger partial charge in [-0.2, -0.15) is 4.98 Å². The maximum Gasteiger partial charge on any atom is 0.351 e. The van der Waals surface area contributed by atoms with E-state index in [2.05, 4.69) is 15.8 Å². The first-order chi connectivity index (χ1) is 9.93. The van der Waals surface area contributed by atoms with Gasteiger partial charge in [0.15, 0.2) is 6.23 Å². The number of nitrogen functional groups attached to an aromatic ring is 1.